The van der Waals surface area contributed by atoms with E-state index < -0.39 is 0 Å². The topological polar surface area (TPSA) is 29.3 Å². The molecule has 1 aliphatic carbocycles. The molecule has 2 nitrogen and oxygen atoms in total. The minimum absolute atomic E-state index is 0.233. The fourth-order valence-electron chi connectivity index (χ4n) is 2.23. The zero-order valence-corrected chi connectivity index (χ0v) is 8.66. The molecule has 1 aliphatic rings. The third-order valence-corrected chi connectivity index (χ3v) is 3.30. The first-order chi connectivity index (χ1) is 6.20. The van der Waals surface area contributed by atoms with Crippen molar-refractivity contribution in [3.8, 4) is 12.3 Å². The second-order valence-corrected chi connectivity index (χ2v) is 4.00. The highest BCUT2D eigenvalue weighted by atomic mass is 15.2. The van der Waals surface area contributed by atoms with Crippen LogP contribution in [0, 0.1) is 18.3 Å². The van der Waals surface area contributed by atoms with Crippen molar-refractivity contribution in [1.29, 1.82) is 0 Å². The van der Waals surface area contributed by atoms with Gasteiger partial charge in [0.05, 0.1) is 6.04 Å². The molecule has 0 aliphatic heterocycles. The summed E-state index contributed by atoms with van der Waals surface area (Å²) in [4.78, 5) is 2.30. The van der Waals surface area contributed by atoms with Gasteiger partial charge in [0.1, 0.15) is 0 Å². The molecular weight excluding hydrogens is 160 g/mol. The summed E-state index contributed by atoms with van der Waals surface area (Å²) in [6.07, 6.45) is 9.23. The lowest BCUT2D eigenvalue weighted by molar-refractivity contribution is 0.180. The van der Waals surface area contributed by atoms with Crippen LogP contribution in [0.4, 0.5) is 0 Å². The lowest BCUT2D eigenvalue weighted by Gasteiger charge is -2.31. The number of hydrogen-bond acceptors (Lipinski definition) is 2. The molecular formula is C11H20N2. The molecule has 3 unspecified atom stereocenters. The summed E-state index contributed by atoms with van der Waals surface area (Å²) >= 11 is 0. The van der Waals surface area contributed by atoms with Crippen molar-refractivity contribution in [3.63, 3.8) is 0 Å². The molecule has 0 saturated heterocycles. The van der Waals surface area contributed by atoms with Crippen LogP contribution in [0.15, 0.2) is 0 Å². The van der Waals surface area contributed by atoms with Gasteiger partial charge < -0.3 is 5.73 Å². The van der Waals surface area contributed by atoms with Gasteiger partial charge in [-0.1, -0.05) is 12.3 Å². The lowest BCUT2D eigenvalue weighted by atomic mass is 10.0. The third kappa shape index (κ3) is 2.24. The fourth-order valence-corrected chi connectivity index (χ4v) is 2.23. The smallest absolute Gasteiger partial charge is 0.0683 e. The van der Waals surface area contributed by atoms with E-state index in [4.69, 9.17) is 12.2 Å². The molecule has 0 aromatic rings. The Morgan fingerprint density at radius 2 is 2.31 bits per heavy atom. The molecule has 0 radical (unpaired) electrons. The van der Waals surface area contributed by atoms with Crippen LogP contribution in [0.5, 0.6) is 0 Å². The number of hydrogen-bond donors (Lipinski definition) is 1. The molecule has 0 heterocycles. The molecule has 3 atom stereocenters. The maximum Gasteiger partial charge on any atom is 0.0683 e. The van der Waals surface area contributed by atoms with Gasteiger partial charge in [0.15, 0.2) is 0 Å². The summed E-state index contributed by atoms with van der Waals surface area (Å²) in [5.41, 5.74) is 5.73. The Hall–Kier alpha value is -0.520. The predicted octanol–water partition coefficient (Wildman–Crippen LogP) is 1.07. The number of nitrogens with zero attached hydrogens (tertiary/aromatic N) is 1. The van der Waals surface area contributed by atoms with E-state index in [0.717, 1.165) is 6.54 Å². The third-order valence-electron chi connectivity index (χ3n) is 3.30. The minimum Gasteiger partial charge on any atom is -0.330 e. The van der Waals surface area contributed by atoms with Gasteiger partial charge >= 0.3 is 0 Å². The largest absolute Gasteiger partial charge is 0.330 e. The van der Waals surface area contributed by atoms with Crippen molar-refractivity contribution in [2.45, 2.75) is 38.3 Å². The Morgan fingerprint density at radius 3 is 2.85 bits per heavy atom. The highest BCUT2D eigenvalue weighted by Crippen LogP contribution is 2.29. The lowest BCUT2D eigenvalue weighted by Crippen LogP contribution is -2.42. The van der Waals surface area contributed by atoms with E-state index in [9.17, 15) is 0 Å². The van der Waals surface area contributed by atoms with E-state index in [2.05, 4.69) is 24.8 Å². The van der Waals surface area contributed by atoms with E-state index in [-0.39, 0.29) is 6.04 Å². The monoisotopic (exact) mass is 180 g/mol. The fraction of sp³-hybridized carbons (Fsp3) is 0.818. The van der Waals surface area contributed by atoms with Crippen molar-refractivity contribution in [1.82, 2.24) is 4.90 Å². The maximum atomic E-state index is 5.73. The molecule has 0 bridgehead atoms. The summed E-state index contributed by atoms with van der Waals surface area (Å²) in [5, 5.41) is 0. The Kier molecular flexibility index (Phi) is 3.77. The summed E-state index contributed by atoms with van der Waals surface area (Å²) in [6.45, 7) is 2.87. The van der Waals surface area contributed by atoms with Crippen molar-refractivity contribution in [2.75, 3.05) is 13.6 Å². The van der Waals surface area contributed by atoms with Gasteiger partial charge in [0.2, 0.25) is 0 Å². The van der Waals surface area contributed by atoms with E-state index >= 15 is 0 Å². The van der Waals surface area contributed by atoms with Gasteiger partial charge in [-0.05, 0) is 39.3 Å². The molecule has 1 saturated carbocycles. The maximum absolute atomic E-state index is 5.73. The van der Waals surface area contributed by atoms with Crippen LogP contribution in [-0.4, -0.2) is 30.6 Å². The first-order valence-corrected chi connectivity index (χ1v) is 5.08. The molecule has 2 heteroatoms. The average Bonchev–Trinajstić information content (AvgIpc) is 2.62. The first-order valence-electron chi connectivity index (χ1n) is 5.08. The van der Waals surface area contributed by atoms with Crippen molar-refractivity contribution >= 4 is 0 Å². The van der Waals surface area contributed by atoms with E-state index in [1.165, 1.54) is 19.3 Å². The zero-order valence-electron chi connectivity index (χ0n) is 8.66. The molecule has 1 fully saturated rings. The molecule has 1 rings (SSSR count). The van der Waals surface area contributed by atoms with Crippen LogP contribution in [0.2, 0.25) is 0 Å². The molecule has 0 amide bonds. The zero-order chi connectivity index (χ0) is 9.84. The van der Waals surface area contributed by atoms with E-state index in [1.54, 1.807) is 0 Å². The number of nitrogens with two attached hydrogens (primary N) is 1. The Bertz CT molecular complexity index is 195. The molecule has 0 aromatic heterocycles. The number of terminal acetylenes is 1. The summed E-state index contributed by atoms with van der Waals surface area (Å²) in [6, 6.07) is 0.841. The van der Waals surface area contributed by atoms with Crippen LogP contribution in [0.1, 0.15) is 26.2 Å². The van der Waals surface area contributed by atoms with Crippen molar-refractivity contribution < 1.29 is 0 Å². The Balaban J connectivity index is 2.55. The summed E-state index contributed by atoms with van der Waals surface area (Å²) < 4.78 is 0. The SMILES string of the molecule is C#CC(C)N(C)C1CCCC1CN. The highest BCUT2D eigenvalue weighted by molar-refractivity contribution is 4.99. The molecule has 13 heavy (non-hydrogen) atoms. The van der Waals surface area contributed by atoms with Crippen LogP contribution >= 0.6 is 0 Å². The Morgan fingerprint density at radius 1 is 1.62 bits per heavy atom. The number of rotatable bonds is 3. The van der Waals surface area contributed by atoms with E-state index in [0.29, 0.717) is 12.0 Å². The first kappa shape index (κ1) is 10.6. The minimum atomic E-state index is 0.233. The highest BCUT2D eigenvalue weighted by Gasteiger charge is 2.30. The summed E-state index contributed by atoms with van der Waals surface area (Å²) in [7, 11) is 2.11. The standard InChI is InChI=1S/C11H20N2/c1-4-9(2)13(3)11-7-5-6-10(11)8-12/h1,9-11H,5-8,12H2,2-3H3. The Labute approximate surface area is 81.5 Å². The van der Waals surface area contributed by atoms with Gasteiger partial charge in [-0.15, -0.1) is 6.42 Å². The van der Waals surface area contributed by atoms with Gasteiger partial charge in [0, 0.05) is 6.04 Å². The normalized spacial score (nSPS) is 30.4. The molecule has 0 aromatic carbocycles. The van der Waals surface area contributed by atoms with Gasteiger partial charge in [-0.25, -0.2) is 0 Å². The second kappa shape index (κ2) is 4.64. The predicted molar refractivity (Wildman–Crippen MR) is 56.2 cm³/mol. The average molecular weight is 180 g/mol. The second-order valence-electron chi connectivity index (χ2n) is 4.00. The molecule has 74 valence electrons. The molecule has 0 spiro atoms. The van der Waals surface area contributed by atoms with Crippen molar-refractivity contribution in [3.05, 3.63) is 0 Å². The molecule has 2 N–H and O–H groups in total. The van der Waals surface area contributed by atoms with Gasteiger partial charge in [0.25, 0.3) is 0 Å². The van der Waals surface area contributed by atoms with Crippen molar-refractivity contribution in [2.24, 2.45) is 11.7 Å². The quantitative estimate of drug-likeness (QED) is 0.658. The van der Waals surface area contributed by atoms with Gasteiger partial charge in [-0.2, -0.15) is 0 Å². The van der Waals surface area contributed by atoms with Crippen LogP contribution in [0.25, 0.3) is 0 Å². The van der Waals surface area contributed by atoms with E-state index in [1.807, 2.05) is 0 Å². The van der Waals surface area contributed by atoms with Crippen LogP contribution in [0.3, 0.4) is 0 Å². The summed E-state index contributed by atoms with van der Waals surface area (Å²) in [5.74, 6) is 3.42. The van der Waals surface area contributed by atoms with Gasteiger partial charge in [-0.3, -0.25) is 4.90 Å². The van der Waals surface area contributed by atoms with Crippen LogP contribution in [-0.2, 0) is 0 Å². The van der Waals surface area contributed by atoms with Crippen LogP contribution < -0.4 is 5.73 Å².